The normalized spacial score (nSPS) is 24.9. The number of rotatable bonds is 1. The van der Waals surface area contributed by atoms with Crippen LogP contribution in [0.1, 0.15) is 64.9 Å². The Balaban J connectivity index is 1.91. The molecule has 2 aliphatic carbocycles. The lowest BCUT2D eigenvalue weighted by atomic mass is 9.66. The highest BCUT2D eigenvalue weighted by molar-refractivity contribution is 6.06. The monoisotopic (exact) mass is 351 g/mol. The molecule has 0 saturated heterocycles. The van der Waals surface area contributed by atoms with Crippen molar-refractivity contribution in [3.63, 3.8) is 0 Å². The summed E-state index contributed by atoms with van der Waals surface area (Å²) in [5.74, 6) is 1.41. The van der Waals surface area contributed by atoms with Crippen molar-refractivity contribution in [3.05, 3.63) is 52.8 Å². The Morgan fingerprint density at radius 2 is 1.31 bits per heavy atom. The van der Waals surface area contributed by atoms with Crippen LogP contribution < -0.4 is 0 Å². The molecule has 0 spiro atoms. The standard InChI is InChI=1S/C22H25NO3/c1-21(2)9-14(24)19-16(11-21)26-17-12-22(3,4)10-15(25)20(17)18(19)13-5-7-23-8-6-13/h5-8,18H,9-12H2,1-4H3. The minimum Gasteiger partial charge on any atom is -0.465 e. The van der Waals surface area contributed by atoms with Crippen LogP contribution in [-0.4, -0.2) is 16.6 Å². The molecule has 0 atom stereocenters. The molecule has 0 N–H and O–H groups in total. The molecule has 4 heteroatoms. The van der Waals surface area contributed by atoms with Crippen LogP contribution in [0.15, 0.2) is 47.2 Å². The number of hydrogen-bond acceptors (Lipinski definition) is 4. The third-order valence-corrected chi connectivity index (χ3v) is 5.62. The minimum absolute atomic E-state index is 0.0993. The largest absolute Gasteiger partial charge is 0.465 e. The highest BCUT2D eigenvalue weighted by atomic mass is 16.5. The van der Waals surface area contributed by atoms with Crippen LogP contribution in [-0.2, 0) is 14.3 Å². The fraction of sp³-hybridized carbons (Fsp3) is 0.500. The summed E-state index contributed by atoms with van der Waals surface area (Å²) in [6, 6.07) is 3.82. The highest BCUT2D eigenvalue weighted by Gasteiger charge is 2.47. The molecule has 26 heavy (non-hydrogen) atoms. The number of hydrogen-bond donors (Lipinski definition) is 0. The summed E-state index contributed by atoms with van der Waals surface area (Å²) in [6.45, 7) is 8.39. The van der Waals surface area contributed by atoms with Gasteiger partial charge < -0.3 is 4.74 Å². The fourth-order valence-corrected chi connectivity index (χ4v) is 4.56. The Morgan fingerprint density at radius 3 is 1.77 bits per heavy atom. The summed E-state index contributed by atoms with van der Waals surface area (Å²) < 4.78 is 6.26. The van der Waals surface area contributed by atoms with Gasteiger partial charge >= 0.3 is 0 Å². The van der Waals surface area contributed by atoms with Gasteiger partial charge in [-0.25, -0.2) is 0 Å². The van der Waals surface area contributed by atoms with Crippen molar-refractivity contribution < 1.29 is 14.3 Å². The molecular weight excluding hydrogens is 326 g/mol. The average molecular weight is 351 g/mol. The van der Waals surface area contributed by atoms with Crippen LogP contribution in [0.25, 0.3) is 0 Å². The number of carbonyl (C=O) groups is 2. The molecule has 0 saturated carbocycles. The van der Waals surface area contributed by atoms with Crippen molar-refractivity contribution in [2.75, 3.05) is 0 Å². The van der Waals surface area contributed by atoms with Gasteiger partial charge in [0, 0.05) is 55.1 Å². The van der Waals surface area contributed by atoms with Crippen molar-refractivity contribution >= 4 is 11.6 Å². The highest BCUT2D eigenvalue weighted by Crippen LogP contribution is 2.53. The number of ketones is 2. The van der Waals surface area contributed by atoms with Gasteiger partial charge in [0.05, 0.1) is 0 Å². The van der Waals surface area contributed by atoms with Crippen molar-refractivity contribution in [3.8, 4) is 0 Å². The summed E-state index contributed by atoms with van der Waals surface area (Å²) in [6.07, 6.45) is 5.86. The Hall–Kier alpha value is -2.23. The van der Waals surface area contributed by atoms with Crippen LogP contribution in [0.3, 0.4) is 0 Å². The van der Waals surface area contributed by atoms with Gasteiger partial charge in [-0.1, -0.05) is 27.7 Å². The predicted molar refractivity (Wildman–Crippen MR) is 98.2 cm³/mol. The fourth-order valence-electron chi connectivity index (χ4n) is 4.56. The van der Waals surface area contributed by atoms with E-state index in [9.17, 15) is 9.59 Å². The third-order valence-electron chi connectivity index (χ3n) is 5.62. The molecule has 3 aliphatic rings. The molecule has 4 nitrogen and oxygen atoms in total. The Labute approximate surface area is 154 Å². The van der Waals surface area contributed by atoms with Gasteiger partial charge in [-0.2, -0.15) is 0 Å². The molecule has 1 aliphatic heterocycles. The lowest BCUT2D eigenvalue weighted by Crippen LogP contribution is -2.37. The maximum atomic E-state index is 13.0. The number of carbonyl (C=O) groups excluding carboxylic acids is 2. The minimum atomic E-state index is -0.316. The smallest absolute Gasteiger partial charge is 0.163 e. The molecule has 1 aromatic heterocycles. The van der Waals surface area contributed by atoms with E-state index in [4.69, 9.17) is 4.74 Å². The molecule has 136 valence electrons. The lowest BCUT2D eigenvalue weighted by molar-refractivity contribution is -0.120. The van der Waals surface area contributed by atoms with Crippen LogP contribution in [0.2, 0.25) is 0 Å². The van der Waals surface area contributed by atoms with E-state index in [1.165, 1.54) is 0 Å². The number of allylic oxidation sites excluding steroid dienone is 4. The first-order chi connectivity index (χ1) is 12.2. The molecule has 0 radical (unpaired) electrons. The Morgan fingerprint density at radius 1 is 0.846 bits per heavy atom. The van der Waals surface area contributed by atoms with Gasteiger partial charge in [0.15, 0.2) is 11.6 Å². The van der Waals surface area contributed by atoms with E-state index in [0.29, 0.717) is 24.0 Å². The maximum absolute atomic E-state index is 13.0. The number of nitrogens with zero attached hydrogens (tertiary/aromatic N) is 1. The molecule has 0 aromatic carbocycles. The molecule has 0 amide bonds. The number of ether oxygens (including phenoxy) is 1. The predicted octanol–water partition coefficient (Wildman–Crippen LogP) is 4.48. The lowest BCUT2D eigenvalue weighted by Gasteiger charge is -2.42. The first kappa shape index (κ1) is 17.2. The number of aromatic nitrogens is 1. The summed E-state index contributed by atoms with van der Waals surface area (Å²) in [5.41, 5.74) is 2.07. The first-order valence-corrected chi connectivity index (χ1v) is 9.27. The van der Waals surface area contributed by atoms with Crippen molar-refractivity contribution in [2.24, 2.45) is 10.8 Å². The van der Waals surface area contributed by atoms with Crippen LogP contribution in [0.5, 0.6) is 0 Å². The second-order valence-electron chi connectivity index (χ2n) is 9.37. The number of Topliss-reactive ketones (excluding diaryl/α,β-unsaturated/α-hetero) is 2. The Kier molecular flexibility index (Phi) is 3.73. The van der Waals surface area contributed by atoms with Crippen LogP contribution >= 0.6 is 0 Å². The quantitative estimate of drug-likeness (QED) is 0.748. The van der Waals surface area contributed by atoms with Crippen LogP contribution in [0.4, 0.5) is 0 Å². The van der Waals surface area contributed by atoms with Crippen LogP contribution in [0, 0.1) is 10.8 Å². The third kappa shape index (κ3) is 2.81. The molecular formula is C22H25NO3. The summed E-state index contributed by atoms with van der Waals surface area (Å²) in [5, 5.41) is 0. The molecule has 0 bridgehead atoms. The molecule has 1 aromatic rings. The Bertz CT molecular complexity index is 807. The summed E-state index contributed by atoms with van der Waals surface area (Å²) >= 11 is 0. The zero-order valence-corrected chi connectivity index (χ0v) is 15.9. The second-order valence-corrected chi connectivity index (χ2v) is 9.37. The van der Waals surface area contributed by atoms with E-state index in [0.717, 1.165) is 29.9 Å². The van der Waals surface area contributed by atoms with Gasteiger partial charge in [-0.15, -0.1) is 0 Å². The second kappa shape index (κ2) is 5.63. The van der Waals surface area contributed by atoms with E-state index in [1.807, 2.05) is 12.1 Å². The molecule has 4 rings (SSSR count). The summed E-state index contributed by atoms with van der Waals surface area (Å²) in [7, 11) is 0. The van der Waals surface area contributed by atoms with Crippen molar-refractivity contribution in [1.82, 2.24) is 4.98 Å². The molecule has 0 unspecified atom stereocenters. The van der Waals surface area contributed by atoms with Gasteiger partial charge in [0.1, 0.15) is 11.5 Å². The van der Waals surface area contributed by atoms with Gasteiger partial charge in [0.2, 0.25) is 0 Å². The van der Waals surface area contributed by atoms with Gasteiger partial charge in [0.25, 0.3) is 0 Å². The summed E-state index contributed by atoms with van der Waals surface area (Å²) in [4.78, 5) is 30.2. The van der Waals surface area contributed by atoms with E-state index in [-0.39, 0.29) is 28.3 Å². The van der Waals surface area contributed by atoms with Crippen molar-refractivity contribution in [1.29, 1.82) is 0 Å². The zero-order chi connectivity index (χ0) is 18.7. The first-order valence-electron chi connectivity index (χ1n) is 9.27. The zero-order valence-electron chi connectivity index (χ0n) is 15.9. The molecule has 2 heterocycles. The number of pyridine rings is 1. The SMILES string of the molecule is CC1(C)CC(=O)C2=C(C1)OC1=C(C(=O)CC(C)(C)C1)C2c1ccncc1. The van der Waals surface area contributed by atoms with Gasteiger partial charge in [-0.3, -0.25) is 14.6 Å². The molecule has 0 fully saturated rings. The van der Waals surface area contributed by atoms with Crippen molar-refractivity contribution in [2.45, 2.75) is 59.3 Å². The van der Waals surface area contributed by atoms with E-state index in [2.05, 4.69) is 32.7 Å². The van der Waals surface area contributed by atoms with E-state index in [1.54, 1.807) is 12.4 Å². The topological polar surface area (TPSA) is 56.3 Å². The van der Waals surface area contributed by atoms with Gasteiger partial charge in [-0.05, 0) is 28.5 Å². The van der Waals surface area contributed by atoms with E-state index >= 15 is 0 Å². The average Bonchev–Trinajstić information content (AvgIpc) is 2.51. The maximum Gasteiger partial charge on any atom is 0.163 e. The van der Waals surface area contributed by atoms with E-state index < -0.39 is 0 Å².